The zero-order chi connectivity index (χ0) is 30.5. The Balaban J connectivity index is 1.39. The van der Waals surface area contributed by atoms with E-state index in [1.807, 2.05) is 13.8 Å². The van der Waals surface area contributed by atoms with Gasteiger partial charge in [-0.15, -0.1) is 0 Å². The third-order valence-corrected chi connectivity index (χ3v) is 8.54. The molecule has 1 aliphatic carbocycles. The summed E-state index contributed by atoms with van der Waals surface area (Å²) < 4.78 is 70.5. The van der Waals surface area contributed by atoms with Gasteiger partial charge in [-0.2, -0.15) is 13.2 Å². The van der Waals surface area contributed by atoms with Crippen LogP contribution in [0.3, 0.4) is 0 Å². The number of benzene rings is 1. The standard InChI is InChI=1S/C32H43F3O7/c1-21(2)9-13-26-30(3,42-26)29-28(38-4)25(15-16-31(29)20-40-31)41-27(37)14-11-22-10-12-24(23(19-22)32(33,34)35)39-18-8-6-5-7-17-36/h9-12,14,19,25-26,28-29,36H,5-8,13,15-18,20H2,1-4H3/b14-11+/t25-,26-,28-,29-,30+,31+/m1/s1. The minimum atomic E-state index is -4.62. The van der Waals surface area contributed by atoms with Gasteiger partial charge >= 0.3 is 12.1 Å². The second-order valence-corrected chi connectivity index (χ2v) is 11.9. The smallest absolute Gasteiger partial charge is 0.419 e. The van der Waals surface area contributed by atoms with Crippen molar-refractivity contribution < 1.29 is 46.8 Å². The molecular formula is C32H43F3O7. The summed E-state index contributed by atoms with van der Waals surface area (Å²) in [4.78, 5) is 12.8. The maximum atomic E-state index is 13.8. The Morgan fingerprint density at radius 3 is 2.57 bits per heavy atom. The van der Waals surface area contributed by atoms with Crippen molar-refractivity contribution in [2.45, 2.75) is 101 Å². The molecule has 1 aromatic carbocycles. The van der Waals surface area contributed by atoms with Gasteiger partial charge in [0.15, 0.2) is 0 Å². The van der Waals surface area contributed by atoms with E-state index in [9.17, 15) is 18.0 Å². The van der Waals surface area contributed by atoms with Gasteiger partial charge in [0.1, 0.15) is 29.2 Å². The number of aliphatic hydroxyl groups excluding tert-OH is 1. The first-order valence-electron chi connectivity index (χ1n) is 14.7. The van der Waals surface area contributed by atoms with E-state index in [1.54, 1.807) is 7.11 Å². The van der Waals surface area contributed by atoms with E-state index in [0.717, 1.165) is 31.4 Å². The number of carbonyl (C=O) groups is 1. The van der Waals surface area contributed by atoms with Crippen molar-refractivity contribution in [1.82, 2.24) is 0 Å². The fraction of sp³-hybridized carbons (Fsp3) is 0.656. The topological polar surface area (TPSA) is 90.1 Å². The van der Waals surface area contributed by atoms with Crippen LogP contribution in [0, 0.1) is 5.92 Å². The third kappa shape index (κ3) is 7.75. The molecule has 0 radical (unpaired) electrons. The Kier molecular flexibility index (Phi) is 10.4. The van der Waals surface area contributed by atoms with Gasteiger partial charge in [-0.3, -0.25) is 0 Å². The molecule has 4 rings (SSSR count). The first kappa shape index (κ1) is 32.5. The third-order valence-electron chi connectivity index (χ3n) is 8.54. The van der Waals surface area contributed by atoms with Crippen molar-refractivity contribution in [3.05, 3.63) is 47.1 Å². The van der Waals surface area contributed by atoms with Crippen LogP contribution in [0.2, 0.25) is 0 Å². The number of rotatable bonds is 14. The average Bonchev–Trinajstić information content (AvgIpc) is 3.85. The van der Waals surface area contributed by atoms with Crippen LogP contribution in [0.15, 0.2) is 35.9 Å². The van der Waals surface area contributed by atoms with Gasteiger partial charge in [0.05, 0.1) is 30.8 Å². The summed E-state index contributed by atoms with van der Waals surface area (Å²) in [6.45, 7) is 7.00. The van der Waals surface area contributed by atoms with Crippen LogP contribution in [0.4, 0.5) is 13.2 Å². The predicted molar refractivity (Wildman–Crippen MR) is 151 cm³/mol. The number of unbranched alkanes of at least 4 members (excludes halogenated alkanes) is 3. The zero-order valence-corrected chi connectivity index (χ0v) is 24.9. The lowest BCUT2D eigenvalue weighted by Crippen LogP contribution is -2.55. The highest BCUT2D eigenvalue weighted by Gasteiger charge is 2.72. The van der Waals surface area contributed by atoms with Gasteiger partial charge in [0.2, 0.25) is 0 Å². The number of hydrogen-bond acceptors (Lipinski definition) is 7. The molecule has 1 N–H and O–H groups in total. The number of carbonyl (C=O) groups excluding carboxylic acids is 1. The molecule has 0 amide bonds. The molecule has 10 heteroatoms. The summed E-state index contributed by atoms with van der Waals surface area (Å²) in [7, 11) is 1.59. The second kappa shape index (κ2) is 13.5. The van der Waals surface area contributed by atoms with E-state index < -0.39 is 35.5 Å². The molecule has 3 fully saturated rings. The summed E-state index contributed by atoms with van der Waals surface area (Å²) in [6.07, 6.45) is 3.83. The van der Waals surface area contributed by atoms with E-state index in [-0.39, 0.29) is 42.1 Å². The van der Waals surface area contributed by atoms with Crippen LogP contribution in [0.1, 0.15) is 76.8 Å². The number of aliphatic hydroxyl groups is 1. The first-order valence-corrected chi connectivity index (χ1v) is 14.7. The molecular weight excluding hydrogens is 553 g/mol. The number of halogens is 3. The van der Waals surface area contributed by atoms with Crippen LogP contribution in [0.5, 0.6) is 5.75 Å². The van der Waals surface area contributed by atoms with Crippen LogP contribution in [-0.2, 0) is 29.9 Å². The lowest BCUT2D eigenvalue weighted by Gasteiger charge is -2.42. The maximum Gasteiger partial charge on any atom is 0.419 e. The van der Waals surface area contributed by atoms with Gasteiger partial charge in [-0.05, 0) is 83.1 Å². The SMILES string of the molecule is CO[C@@H]1[C@H](OC(=O)/C=C/c2ccc(OCCCCCCO)c(C(F)(F)F)c2)CC[C@]2(CO2)[C@H]1[C@@]1(C)O[C@@H]1CC=C(C)C. The molecule has 0 unspecified atom stereocenters. The molecule has 42 heavy (non-hydrogen) atoms. The summed E-state index contributed by atoms with van der Waals surface area (Å²) in [5, 5.41) is 8.83. The largest absolute Gasteiger partial charge is 0.493 e. The summed E-state index contributed by atoms with van der Waals surface area (Å²) in [5.41, 5.74) is -0.318. The first-order chi connectivity index (χ1) is 19.9. The molecule has 1 aromatic rings. The van der Waals surface area contributed by atoms with Crippen molar-refractivity contribution in [1.29, 1.82) is 0 Å². The highest BCUT2D eigenvalue weighted by Crippen LogP contribution is 2.59. The predicted octanol–water partition coefficient (Wildman–Crippen LogP) is 6.27. The minimum absolute atomic E-state index is 0.0199. The number of ether oxygens (including phenoxy) is 5. The van der Waals surface area contributed by atoms with Gasteiger partial charge in [-0.1, -0.05) is 24.1 Å². The van der Waals surface area contributed by atoms with Crippen molar-refractivity contribution in [3.63, 3.8) is 0 Å². The summed E-state index contributed by atoms with van der Waals surface area (Å²) >= 11 is 0. The normalized spacial score (nSPS) is 30.4. The van der Waals surface area contributed by atoms with Crippen LogP contribution < -0.4 is 4.74 Å². The molecule has 2 saturated heterocycles. The Morgan fingerprint density at radius 2 is 1.93 bits per heavy atom. The number of methoxy groups -OCH3 is 1. The maximum absolute atomic E-state index is 13.8. The quantitative estimate of drug-likeness (QED) is 0.0890. The van der Waals surface area contributed by atoms with Crippen molar-refractivity contribution >= 4 is 12.0 Å². The molecule has 2 aliphatic heterocycles. The van der Waals surface area contributed by atoms with Gasteiger partial charge in [0.25, 0.3) is 0 Å². The van der Waals surface area contributed by atoms with E-state index >= 15 is 0 Å². The van der Waals surface area contributed by atoms with E-state index in [4.69, 9.17) is 28.8 Å². The van der Waals surface area contributed by atoms with Gasteiger partial charge in [0, 0.05) is 19.8 Å². The molecule has 1 spiro atoms. The minimum Gasteiger partial charge on any atom is -0.493 e. The molecule has 3 aliphatic rings. The number of esters is 1. The van der Waals surface area contributed by atoms with Crippen LogP contribution in [0.25, 0.3) is 6.08 Å². The van der Waals surface area contributed by atoms with Crippen molar-refractivity contribution in [2.75, 3.05) is 26.9 Å². The zero-order valence-electron chi connectivity index (χ0n) is 24.9. The van der Waals surface area contributed by atoms with Crippen molar-refractivity contribution in [3.8, 4) is 5.75 Å². The highest BCUT2D eigenvalue weighted by molar-refractivity contribution is 5.87. The van der Waals surface area contributed by atoms with Gasteiger partial charge in [-0.25, -0.2) is 4.79 Å². The number of allylic oxidation sites excluding steroid dienone is 1. The van der Waals surface area contributed by atoms with E-state index in [0.29, 0.717) is 32.3 Å². The molecule has 0 aromatic heterocycles. The molecule has 0 bridgehead atoms. The summed E-state index contributed by atoms with van der Waals surface area (Å²) in [6, 6.07) is 3.71. The number of hydrogen-bond donors (Lipinski definition) is 1. The molecule has 234 valence electrons. The van der Waals surface area contributed by atoms with E-state index in [1.165, 1.54) is 23.8 Å². The van der Waals surface area contributed by atoms with Crippen molar-refractivity contribution in [2.24, 2.45) is 5.92 Å². The Labute approximate surface area is 246 Å². The Bertz CT molecular complexity index is 1140. The van der Waals surface area contributed by atoms with Gasteiger partial charge < -0.3 is 28.8 Å². The lowest BCUT2D eigenvalue weighted by atomic mass is 9.68. The lowest BCUT2D eigenvalue weighted by molar-refractivity contribution is -0.166. The Hall–Kier alpha value is -2.40. The van der Waals surface area contributed by atoms with Crippen LogP contribution >= 0.6 is 0 Å². The van der Waals surface area contributed by atoms with Crippen LogP contribution in [-0.4, -0.2) is 67.5 Å². The monoisotopic (exact) mass is 596 g/mol. The number of alkyl halides is 3. The molecule has 1 saturated carbocycles. The fourth-order valence-corrected chi connectivity index (χ4v) is 6.17. The molecule has 2 heterocycles. The molecule has 7 nitrogen and oxygen atoms in total. The summed E-state index contributed by atoms with van der Waals surface area (Å²) in [5.74, 6) is -1.04. The second-order valence-electron chi connectivity index (χ2n) is 11.9. The Morgan fingerprint density at radius 1 is 1.19 bits per heavy atom. The highest BCUT2D eigenvalue weighted by atomic mass is 19.4. The number of epoxide rings is 2. The molecule has 6 atom stereocenters. The van der Waals surface area contributed by atoms with E-state index in [2.05, 4.69) is 13.0 Å². The fourth-order valence-electron chi connectivity index (χ4n) is 6.17. The average molecular weight is 597 g/mol.